The standard InChI is InChI=1S/C24H24F3N3O/c1-30(20-3-2-4-20)22-13-8-17-15-19(11-12-21(17)29-22)28-23(31)14-7-16-5-9-18(10-6-16)24(25,26)27/h5-6,8-13,15,20H,2-4,7,14H2,1H3,(H,28,31). The Morgan fingerprint density at radius 2 is 1.84 bits per heavy atom. The average molecular weight is 427 g/mol. The number of hydrogen-bond acceptors (Lipinski definition) is 3. The van der Waals surface area contributed by atoms with Crippen molar-refractivity contribution in [1.82, 2.24) is 4.98 Å². The Morgan fingerprint density at radius 3 is 2.48 bits per heavy atom. The van der Waals surface area contributed by atoms with Crippen LogP contribution in [0.3, 0.4) is 0 Å². The van der Waals surface area contributed by atoms with Gasteiger partial charge in [0.25, 0.3) is 0 Å². The van der Waals surface area contributed by atoms with Crippen molar-refractivity contribution in [2.75, 3.05) is 17.3 Å². The van der Waals surface area contributed by atoms with Crippen molar-refractivity contribution in [1.29, 1.82) is 0 Å². The number of rotatable bonds is 6. The predicted octanol–water partition coefficient (Wildman–Crippen LogP) is 5.81. The number of anilines is 2. The third-order valence-electron chi connectivity index (χ3n) is 5.86. The molecule has 2 aromatic carbocycles. The summed E-state index contributed by atoms with van der Waals surface area (Å²) in [5.74, 6) is 0.763. The van der Waals surface area contributed by atoms with E-state index >= 15 is 0 Å². The molecular weight excluding hydrogens is 403 g/mol. The van der Waals surface area contributed by atoms with Crippen LogP contribution in [-0.4, -0.2) is 24.0 Å². The molecule has 4 nitrogen and oxygen atoms in total. The Morgan fingerprint density at radius 1 is 1.10 bits per heavy atom. The quantitative estimate of drug-likeness (QED) is 0.540. The van der Waals surface area contributed by atoms with E-state index < -0.39 is 11.7 Å². The molecule has 0 unspecified atom stereocenters. The molecule has 0 spiro atoms. The molecule has 0 atom stereocenters. The Bertz CT molecular complexity index is 1080. The van der Waals surface area contributed by atoms with Crippen molar-refractivity contribution in [3.8, 4) is 0 Å². The van der Waals surface area contributed by atoms with Gasteiger partial charge in [0, 0.05) is 30.6 Å². The van der Waals surface area contributed by atoms with Gasteiger partial charge in [-0.3, -0.25) is 4.79 Å². The molecule has 0 aliphatic heterocycles. The van der Waals surface area contributed by atoms with E-state index in [1.54, 1.807) is 0 Å². The Kier molecular flexibility index (Phi) is 5.85. The lowest BCUT2D eigenvalue weighted by atomic mass is 9.92. The molecule has 0 bridgehead atoms. The summed E-state index contributed by atoms with van der Waals surface area (Å²) in [6.45, 7) is 0. The summed E-state index contributed by atoms with van der Waals surface area (Å²) in [7, 11) is 2.07. The second-order valence-corrected chi connectivity index (χ2v) is 8.02. The number of aromatic nitrogens is 1. The number of halogens is 3. The molecule has 31 heavy (non-hydrogen) atoms. The van der Waals surface area contributed by atoms with Crippen molar-refractivity contribution in [3.63, 3.8) is 0 Å². The molecule has 1 aromatic heterocycles. The number of nitrogens with one attached hydrogen (secondary N) is 1. The lowest BCUT2D eigenvalue weighted by Gasteiger charge is -2.35. The van der Waals surface area contributed by atoms with Gasteiger partial charge in [0.05, 0.1) is 11.1 Å². The molecule has 1 saturated carbocycles. The number of nitrogens with zero attached hydrogens (tertiary/aromatic N) is 2. The smallest absolute Gasteiger partial charge is 0.357 e. The number of benzene rings is 2. The highest BCUT2D eigenvalue weighted by Crippen LogP contribution is 2.30. The van der Waals surface area contributed by atoms with Crippen molar-refractivity contribution in [2.24, 2.45) is 0 Å². The first-order valence-corrected chi connectivity index (χ1v) is 10.4. The number of carbonyl (C=O) groups is 1. The largest absolute Gasteiger partial charge is 0.416 e. The molecule has 0 saturated heterocycles. The van der Waals surface area contributed by atoms with E-state index in [0.717, 1.165) is 28.9 Å². The number of hydrogen-bond donors (Lipinski definition) is 1. The van der Waals surface area contributed by atoms with Crippen LogP contribution in [0.15, 0.2) is 54.6 Å². The summed E-state index contributed by atoms with van der Waals surface area (Å²) in [4.78, 5) is 19.2. The summed E-state index contributed by atoms with van der Waals surface area (Å²) in [6.07, 6.45) is -0.122. The van der Waals surface area contributed by atoms with Crippen LogP contribution in [0.4, 0.5) is 24.7 Å². The van der Waals surface area contributed by atoms with Crippen LogP contribution in [0, 0.1) is 0 Å². The van der Waals surface area contributed by atoms with Crippen LogP contribution in [-0.2, 0) is 17.4 Å². The maximum absolute atomic E-state index is 12.6. The van der Waals surface area contributed by atoms with E-state index in [9.17, 15) is 18.0 Å². The van der Waals surface area contributed by atoms with Gasteiger partial charge in [-0.15, -0.1) is 0 Å². The fourth-order valence-electron chi connectivity index (χ4n) is 3.69. The number of alkyl halides is 3. The normalized spacial score (nSPS) is 14.3. The molecule has 1 aliphatic carbocycles. The number of carbonyl (C=O) groups excluding carboxylic acids is 1. The predicted molar refractivity (Wildman–Crippen MR) is 116 cm³/mol. The molecule has 7 heteroatoms. The van der Waals surface area contributed by atoms with E-state index in [-0.39, 0.29) is 12.3 Å². The molecule has 4 rings (SSSR count). The van der Waals surface area contributed by atoms with Gasteiger partial charge in [-0.25, -0.2) is 4.98 Å². The zero-order chi connectivity index (χ0) is 22.0. The zero-order valence-corrected chi connectivity index (χ0v) is 17.2. The number of fused-ring (bicyclic) bond motifs is 1. The minimum atomic E-state index is -4.35. The van der Waals surface area contributed by atoms with Gasteiger partial charge in [0.15, 0.2) is 0 Å². The first kappa shape index (κ1) is 21.2. The highest BCUT2D eigenvalue weighted by molar-refractivity contribution is 5.94. The van der Waals surface area contributed by atoms with E-state index in [1.807, 2.05) is 30.3 Å². The van der Waals surface area contributed by atoms with Crippen molar-refractivity contribution < 1.29 is 18.0 Å². The molecule has 3 aromatic rings. The van der Waals surface area contributed by atoms with Crippen LogP contribution < -0.4 is 10.2 Å². The van der Waals surface area contributed by atoms with Gasteiger partial charge in [0.2, 0.25) is 5.91 Å². The molecule has 1 amide bonds. The lowest BCUT2D eigenvalue weighted by Crippen LogP contribution is -2.37. The maximum Gasteiger partial charge on any atom is 0.416 e. The van der Waals surface area contributed by atoms with Crippen LogP contribution >= 0.6 is 0 Å². The Hall–Kier alpha value is -3.09. The van der Waals surface area contributed by atoms with Gasteiger partial charge in [-0.05, 0) is 73.7 Å². The third kappa shape index (κ3) is 4.98. The molecule has 1 fully saturated rings. The van der Waals surface area contributed by atoms with E-state index in [1.165, 1.54) is 31.4 Å². The summed E-state index contributed by atoms with van der Waals surface area (Å²) in [6, 6.07) is 15.1. The van der Waals surface area contributed by atoms with Crippen molar-refractivity contribution >= 4 is 28.3 Å². The number of amides is 1. The van der Waals surface area contributed by atoms with E-state index in [2.05, 4.69) is 17.3 Å². The molecule has 1 heterocycles. The van der Waals surface area contributed by atoms with Crippen LogP contribution in [0.5, 0.6) is 0 Å². The summed E-state index contributed by atoms with van der Waals surface area (Å²) < 4.78 is 37.9. The fraction of sp³-hybridized carbons (Fsp3) is 0.333. The minimum Gasteiger partial charge on any atom is -0.357 e. The third-order valence-corrected chi connectivity index (χ3v) is 5.86. The monoisotopic (exact) mass is 427 g/mol. The van der Waals surface area contributed by atoms with E-state index in [4.69, 9.17) is 4.98 Å². The highest BCUT2D eigenvalue weighted by Gasteiger charge is 2.29. The molecule has 0 radical (unpaired) electrons. The Labute approximate surface area is 179 Å². The van der Waals surface area contributed by atoms with Gasteiger partial charge in [-0.2, -0.15) is 13.2 Å². The average Bonchev–Trinajstić information content (AvgIpc) is 2.70. The van der Waals surface area contributed by atoms with Crippen LogP contribution in [0.2, 0.25) is 0 Å². The summed E-state index contributed by atoms with van der Waals surface area (Å²) in [5.41, 5.74) is 1.54. The van der Waals surface area contributed by atoms with Crippen molar-refractivity contribution in [3.05, 3.63) is 65.7 Å². The molecule has 162 valence electrons. The lowest BCUT2D eigenvalue weighted by molar-refractivity contribution is -0.137. The van der Waals surface area contributed by atoms with Gasteiger partial charge in [0.1, 0.15) is 5.82 Å². The van der Waals surface area contributed by atoms with Gasteiger partial charge < -0.3 is 10.2 Å². The fourth-order valence-corrected chi connectivity index (χ4v) is 3.69. The summed E-state index contributed by atoms with van der Waals surface area (Å²) in [5, 5.41) is 3.79. The van der Waals surface area contributed by atoms with Gasteiger partial charge >= 0.3 is 6.18 Å². The topological polar surface area (TPSA) is 45.2 Å². The molecule has 1 aliphatic rings. The Balaban J connectivity index is 1.36. The first-order chi connectivity index (χ1) is 14.8. The number of aryl methyl sites for hydroxylation is 1. The number of pyridine rings is 1. The van der Waals surface area contributed by atoms with Crippen LogP contribution in [0.1, 0.15) is 36.8 Å². The van der Waals surface area contributed by atoms with E-state index in [0.29, 0.717) is 23.7 Å². The molecule has 1 N–H and O–H groups in total. The van der Waals surface area contributed by atoms with Crippen molar-refractivity contribution in [2.45, 2.75) is 44.3 Å². The second kappa shape index (κ2) is 8.57. The SMILES string of the molecule is CN(c1ccc2cc(NC(=O)CCc3ccc(C(F)(F)F)cc3)ccc2n1)C1CCC1. The van der Waals surface area contributed by atoms with Crippen LogP contribution in [0.25, 0.3) is 10.9 Å². The second-order valence-electron chi connectivity index (χ2n) is 8.02. The van der Waals surface area contributed by atoms with Gasteiger partial charge in [-0.1, -0.05) is 12.1 Å². The highest BCUT2D eigenvalue weighted by atomic mass is 19.4. The first-order valence-electron chi connectivity index (χ1n) is 10.4. The molecular formula is C24H24F3N3O. The minimum absolute atomic E-state index is 0.187. The summed E-state index contributed by atoms with van der Waals surface area (Å²) >= 11 is 0. The maximum atomic E-state index is 12.6. The zero-order valence-electron chi connectivity index (χ0n) is 17.2.